The van der Waals surface area contributed by atoms with E-state index in [2.05, 4.69) is 5.32 Å². The molecule has 41 heavy (non-hydrogen) atoms. The smallest absolute Gasteiger partial charge is 0.351 e. The number of hydrogen-bond donors (Lipinski definition) is 2. The topological polar surface area (TPSA) is 95.7 Å². The zero-order valence-electron chi connectivity index (χ0n) is 23.3. The molecular weight excluding hydrogens is 533 g/mol. The lowest BCUT2D eigenvalue weighted by Crippen LogP contribution is -2.55. The number of nitrogens with one attached hydrogen (secondary N) is 1. The van der Waals surface area contributed by atoms with Gasteiger partial charge >= 0.3 is 12.2 Å². The summed E-state index contributed by atoms with van der Waals surface area (Å²) in [5.41, 5.74) is 6.54. The summed E-state index contributed by atoms with van der Waals surface area (Å²) in [7, 11) is 0. The molecule has 0 spiro atoms. The zero-order valence-corrected chi connectivity index (χ0v) is 23.3. The fourth-order valence-corrected chi connectivity index (χ4v) is 5.22. The van der Waals surface area contributed by atoms with Gasteiger partial charge in [0.1, 0.15) is 12.6 Å². The van der Waals surface area contributed by atoms with Gasteiger partial charge in [-0.2, -0.15) is 13.2 Å². The first-order chi connectivity index (χ1) is 19.2. The molecule has 0 bridgehead atoms. The molecule has 2 atom stereocenters. The van der Waals surface area contributed by atoms with Crippen molar-refractivity contribution < 1.29 is 27.6 Å². The number of carbonyl (C=O) groups excluding carboxylic acids is 3. The van der Waals surface area contributed by atoms with E-state index in [0.717, 1.165) is 33.1 Å². The molecule has 216 valence electrons. The Bertz CT molecular complexity index is 1450. The highest BCUT2D eigenvalue weighted by Gasteiger charge is 2.43. The van der Waals surface area contributed by atoms with Crippen LogP contribution in [0.5, 0.6) is 0 Å². The Kier molecular flexibility index (Phi) is 8.15. The van der Waals surface area contributed by atoms with Gasteiger partial charge in [-0.1, -0.05) is 48.5 Å². The number of urea groups is 1. The molecule has 0 saturated heterocycles. The second kappa shape index (κ2) is 11.3. The van der Waals surface area contributed by atoms with E-state index in [1.54, 1.807) is 51.1 Å². The maximum atomic E-state index is 14.4. The number of fused-ring (bicyclic) bond motifs is 1. The lowest BCUT2D eigenvalue weighted by atomic mass is 9.85. The average molecular weight is 567 g/mol. The number of carbonyl (C=O) groups is 3. The van der Waals surface area contributed by atoms with E-state index in [9.17, 15) is 27.6 Å². The van der Waals surface area contributed by atoms with E-state index >= 15 is 0 Å². The van der Waals surface area contributed by atoms with Crippen LogP contribution in [0.4, 0.5) is 29.3 Å². The highest BCUT2D eigenvalue weighted by Crippen LogP contribution is 2.43. The molecule has 4 rings (SSSR count). The van der Waals surface area contributed by atoms with Crippen molar-refractivity contribution in [1.29, 1.82) is 0 Å². The Morgan fingerprint density at radius 1 is 1.00 bits per heavy atom. The number of hydrogen-bond acceptors (Lipinski definition) is 3. The molecule has 1 aliphatic rings. The highest BCUT2D eigenvalue weighted by molar-refractivity contribution is 6.08. The molecule has 0 radical (unpaired) electrons. The van der Waals surface area contributed by atoms with Crippen molar-refractivity contribution in [2.45, 2.75) is 57.8 Å². The molecule has 3 N–H and O–H groups in total. The van der Waals surface area contributed by atoms with Gasteiger partial charge in [-0.3, -0.25) is 14.5 Å². The standard InChI is InChI=1S/C31H33F3N4O3/c1-19-9-8-12-22(15-19)38(29(35)41)26-17-24(20-10-6-5-7-11-20)23-14-13-21(31(32,33)34)16-25(23)37(28(26)40)18-27(39)36-30(2,3)4/h5-16,24,26H,17-18H2,1-4H3,(H2,35,41)(H,36,39). The van der Waals surface area contributed by atoms with Crippen LogP contribution in [0.1, 0.15) is 55.4 Å². The molecule has 2 unspecified atom stereocenters. The molecule has 0 aromatic heterocycles. The molecule has 7 nitrogen and oxygen atoms in total. The van der Waals surface area contributed by atoms with E-state index in [1.165, 1.54) is 6.07 Å². The average Bonchev–Trinajstić information content (AvgIpc) is 2.98. The highest BCUT2D eigenvalue weighted by atomic mass is 19.4. The minimum absolute atomic E-state index is 0.0233. The first kappa shape index (κ1) is 29.6. The summed E-state index contributed by atoms with van der Waals surface area (Å²) in [5.74, 6) is -1.87. The first-order valence-corrected chi connectivity index (χ1v) is 13.2. The zero-order chi connectivity index (χ0) is 30.1. The van der Waals surface area contributed by atoms with Crippen molar-refractivity contribution in [1.82, 2.24) is 5.32 Å². The van der Waals surface area contributed by atoms with Gasteiger partial charge < -0.3 is 16.0 Å². The summed E-state index contributed by atoms with van der Waals surface area (Å²) in [6.07, 6.45) is -4.67. The molecule has 10 heteroatoms. The van der Waals surface area contributed by atoms with Crippen LogP contribution in [0, 0.1) is 6.92 Å². The van der Waals surface area contributed by atoms with Gasteiger partial charge in [-0.15, -0.1) is 0 Å². The van der Waals surface area contributed by atoms with Crippen LogP contribution in [0.2, 0.25) is 0 Å². The predicted octanol–water partition coefficient (Wildman–Crippen LogP) is 5.75. The van der Waals surface area contributed by atoms with E-state index < -0.39 is 53.6 Å². The lowest BCUT2D eigenvalue weighted by Gasteiger charge is -2.33. The van der Waals surface area contributed by atoms with Gasteiger partial charge in [0, 0.05) is 22.8 Å². The molecular formula is C31H33F3N4O3. The summed E-state index contributed by atoms with van der Waals surface area (Å²) in [6, 6.07) is 17.0. The fraction of sp³-hybridized carbons (Fsp3) is 0.323. The minimum atomic E-state index is -4.69. The van der Waals surface area contributed by atoms with Crippen molar-refractivity contribution in [3.63, 3.8) is 0 Å². The number of alkyl halides is 3. The fourth-order valence-electron chi connectivity index (χ4n) is 5.22. The number of halogens is 3. The van der Waals surface area contributed by atoms with E-state index in [0.29, 0.717) is 11.3 Å². The Hall–Kier alpha value is -4.34. The number of benzene rings is 3. The van der Waals surface area contributed by atoms with Crippen molar-refractivity contribution in [2.24, 2.45) is 5.73 Å². The molecule has 1 heterocycles. The summed E-state index contributed by atoms with van der Waals surface area (Å²) >= 11 is 0. The van der Waals surface area contributed by atoms with E-state index in [-0.39, 0.29) is 12.1 Å². The quantitative estimate of drug-likeness (QED) is 0.412. The number of primary amides is 1. The Balaban J connectivity index is 1.96. The van der Waals surface area contributed by atoms with Crippen LogP contribution >= 0.6 is 0 Å². The second-order valence-electron chi connectivity index (χ2n) is 11.3. The van der Waals surface area contributed by atoms with Gasteiger partial charge in [-0.25, -0.2) is 4.79 Å². The number of amides is 4. The monoisotopic (exact) mass is 566 g/mol. The summed E-state index contributed by atoms with van der Waals surface area (Å²) in [4.78, 5) is 42.6. The van der Waals surface area contributed by atoms with Gasteiger partial charge in [0.05, 0.1) is 5.56 Å². The van der Waals surface area contributed by atoms with Crippen LogP contribution in [-0.4, -0.2) is 36.0 Å². The molecule has 1 aliphatic heterocycles. The maximum Gasteiger partial charge on any atom is 0.416 e. The van der Waals surface area contributed by atoms with Gasteiger partial charge in [0.15, 0.2) is 0 Å². The summed E-state index contributed by atoms with van der Waals surface area (Å²) < 4.78 is 41.7. The van der Waals surface area contributed by atoms with E-state index in [1.807, 2.05) is 31.2 Å². The second-order valence-corrected chi connectivity index (χ2v) is 11.3. The Morgan fingerprint density at radius 3 is 2.27 bits per heavy atom. The largest absolute Gasteiger partial charge is 0.416 e. The van der Waals surface area contributed by atoms with Gasteiger partial charge in [0.25, 0.3) is 5.91 Å². The first-order valence-electron chi connectivity index (χ1n) is 13.2. The molecule has 3 aromatic rings. The molecule has 0 aliphatic carbocycles. The molecule has 0 fully saturated rings. The minimum Gasteiger partial charge on any atom is -0.351 e. The predicted molar refractivity (Wildman–Crippen MR) is 152 cm³/mol. The van der Waals surface area contributed by atoms with Crippen molar-refractivity contribution >= 4 is 29.2 Å². The number of anilines is 2. The Labute approximate surface area is 237 Å². The van der Waals surface area contributed by atoms with Crippen molar-refractivity contribution in [2.75, 3.05) is 16.3 Å². The number of nitrogens with zero attached hydrogens (tertiary/aromatic N) is 2. The number of aryl methyl sites for hydroxylation is 1. The van der Waals surface area contributed by atoms with E-state index in [4.69, 9.17) is 5.73 Å². The van der Waals surface area contributed by atoms with Gasteiger partial charge in [-0.05, 0) is 75.1 Å². The summed E-state index contributed by atoms with van der Waals surface area (Å²) in [5, 5.41) is 2.77. The third-order valence-corrected chi connectivity index (χ3v) is 6.88. The van der Waals surface area contributed by atoms with Crippen LogP contribution in [0.15, 0.2) is 72.8 Å². The third kappa shape index (κ3) is 6.70. The maximum absolute atomic E-state index is 14.4. The third-order valence-electron chi connectivity index (χ3n) is 6.88. The van der Waals surface area contributed by atoms with Gasteiger partial charge in [0.2, 0.25) is 5.91 Å². The van der Waals surface area contributed by atoms with Crippen LogP contribution in [0.3, 0.4) is 0 Å². The normalized spacial score (nSPS) is 17.4. The lowest BCUT2D eigenvalue weighted by molar-refractivity contribution is -0.137. The summed E-state index contributed by atoms with van der Waals surface area (Å²) in [6.45, 7) is 6.54. The van der Waals surface area contributed by atoms with Crippen molar-refractivity contribution in [3.05, 3.63) is 95.1 Å². The van der Waals surface area contributed by atoms with Crippen LogP contribution in [-0.2, 0) is 15.8 Å². The number of rotatable bonds is 5. The molecule has 0 saturated carbocycles. The van der Waals surface area contributed by atoms with Crippen molar-refractivity contribution in [3.8, 4) is 0 Å². The Morgan fingerprint density at radius 2 is 1.68 bits per heavy atom. The van der Waals surface area contributed by atoms with Crippen LogP contribution < -0.4 is 20.9 Å². The molecule has 3 aromatic carbocycles. The number of nitrogens with two attached hydrogens (primary N) is 1. The molecule has 4 amide bonds. The SMILES string of the molecule is Cc1cccc(N(C(N)=O)C2CC(c3ccccc3)c3ccc(C(F)(F)F)cc3N(CC(=O)NC(C)(C)C)C2=O)c1. The van der Waals surface area contributed by atoms with Crippen LogP contribution in [0.25, 0.3) is 0 Å².